The molecule has 0 saturated carbocycles. The summed E-state index contributed by atoms with van der Waals surface area (Å²) in [4.78, 5) is 28.5. The van der Waals surface area contributed by atoms with Crippen LogP contribution in [0.3, 0.4) is 0 Å². The molecule has 1 atom stereocenters. The van der Waals surface area contributed by atoms with E-state index in [0.717, 1.165) is 27.4 Å². The average Bonchev–Trinajstić information content (AvgIpc) is 2.85. The van der Waals surface area contributed by atoms with E-state index in [1.54, 1.807) is 16.7 Å². The van der Waals surface area contributed by atoms with Crippen LogP contribution in [0.15, 0.2) is 83.8 Å². The first-order valence-corrected chi connectivity index (χ1v) is 10.5. The number of amides is 2. The summed E-state index contributed by atoms with van der Waals surface area (Å²) in [5.74, 6) is -0.252. The molecule has 29 heavy (non-hydrogen) atoms. The molecular weight excluding hydrogens is 380 g/mol. The Balaban J connectivity index is 1.58. The second-order valence-electron chi connectivity index (χ2n) is 7.09. The van der Waals surface area contributed by atoms with Gasteiger partial charge in [0.15, 0.2) is 0 Å². The largest absolute Gasteiger partial charge is 0.325 e. The summed E-state index contributed by atoms with van der Waals surface area (Å²) in [6.07, 6.45) is 0.348. The maximum absolute atomic E-state index is 13.1. The molecule has 1 N–H and O–H groups in total. The van der Waals surface area contributed by atoms with Crippen LogP contribution in [0.2, 0.25) is 0 Å². The number of hydrogen-bond donors (Lipinski definition) is 1. The van der Waals surface area contributed by atoms with Crippen molar-refractivity contribution in [2.45, 2.75) is 23.5 Å². The Hall–Kier alpha value is -3.05. The summed E-state index contributed by atoms with van der Waals surface area (Å²) >= 11 is 1.68. The van der Waals surface area contributed by atoms with Crippen molar-refractivity contribution in [1.29, 1.82) is 0 Å². The van der Waals surface area contributed by atoms with Crippen molar-refractivity contribution in [2.75, 3.05) is 16.8 Å². The second-order valence-corrected chi connectivity index (χ2v) is 8.33. The highest BCUT2D eigenvalue weighted by atomic mass is 32.2. The number of carbonyl (C=O) groups excluding carboxylic acids is 2. The third-order valence-electron chi connectivity index (χ3n) is 4.86. The molecule has 4 rings (SSSR count). The van der Waals surface area contributed by atoms with Gasteiger partial charge in [0.25, 0.3) is 0 Å². The lowest BCUT2D eigenvalue weighted by molar-refractivity contribution is -0.121. The van der Waals surface area contributed by atoms with Crippen LogP contribution in [0.4, 0.5) is 11.4 Å². The standard InChI is InChI=1S/C24H22N2O2S/c1-17-8-7-11-19(14-17)25-23(27)16-26-20-12-5-6-13-21(20)29-22(15-24(26)28)18-9-3-2-4-10-18/h2-14,22H,15-16H2,1H3,(H,25,27)/t22-/m1/s1. The lowest BCUT2D eigenvalue weighted by atomic mass is 10.1. The molecular formula is C24H22N2O2S. The number of para-hydroxylation sites is 1. The third kappa shape index (κ3) is 4.51. The number of rotatable bonds is 4. The first-order chi connectivity index (χ1) is 14.1. The number of carbonyl (C=O) groups is 2. The SMILES string of the molecule is Cc1cccc(NC(=O)CN2C(=O)C[C@H](c3ccccc3)Sc3ccccc32)c1. The molecule has 146 valence electrons. The minimum Gasteiger partial charge on any atom is -0.325 e. The molecule has 0 aliphatic carbocycles. The quantitative estimate of drug-likeness (QED) is 0.652. The van der Waals surface area contributed by atoms with Gasteiger partial charge in [0, 0.05) is 22.3 Å². The maximum Gasteiger partial charge on any atom is 0.244 e. The van der Waals surface area contributed by atoms with Gasteiger partial charge in [-0.25, -0.2) is 0 Å². The van der Waals surface area contributed by atoms with Crippen molar-refractivity contribution in [3.05, 3.63) is 90.0 Å². The minimum absolute atomic E-state index is 0.00808. The van der Waals surface area contributed by atoms with E-state index in [1.807, 2.05) is 85.8 Å². The molecule has 1 aliphatic heterocycles. The fourth-order valence-corrected chi connectivity index (χ4v) is 4.75. The van der Waals surface area contributed by atoms with Gasteiger partial charge in [0.1, 0.15) is 6.54 Å². The van der Waals surface area contributed by atoms with Crippen LogP contribution < -0.4 is 10.2 Å². The molecule has 2 amide bonds. The molecule has 0 unspecified atom stereocenters. The van der Waals surface area contributed by atoms with Crippen molar-refractivity contribution in [2.24, 2.45) is 0 Å². The number of thioether (sulfide) groups is 1. The van der Waals surface area contributed by atoms with Crippen molar-refractivity contribution in [3.8, 4) is 0 Å². The van der Waals surface area contributed by atoms with Crippen LogP contribution in [0.1, 0.15) is 22.8 Å². The summed E-state index contributed by atoms with van der Waals surface area (Å²) in [5, 5.41) is 2.93. The van der Waals surface area contributed by atoms with Crippen LogP contribution in [-0.4, -0.2) is 18.4 Å². The zero-order valence-electron chi connectivity index (χ0n) is 16.2. The van der Waals surface area contributed by atoms with E-state index in [-0.39, 0.29) is 23.6 Å². The van der Waals surface area contributed by atoms with Crippen LogP contribution >= 0.6 is 11.8 Å². The van der Waals surface area contributed by atoms with Crippen LogP contribution in [-0.2, 0) is 9.59 Å². The Kier molecular flexibility index (Phi) is 5.67. The predicted molar refractivity (Wildman–Crippen MR) is 118 cm³/mol. The van der Waals surface area contributed by atoms with E-state index in [2.05, 4.69) is 5.32 Å². The summed E-state index contributed by atoms with van der Waals surface area (Å²) in [6, 6.07) is 25.5. The third-order valence-corrected chi connectivity index (χ3v) is 6.18. The number of fused-ring (bicyclic) bond motifs is 1. The highest BCUT2D eigenvalue weighted by Gasteiger charge is 2.30. The number of anilines is 2. The molecule has 0 bridgehead atoms. The maximum atomic E-state index is 13.1. The summed E-state index contributed by atoms with van der Waals surface area (Å²) < 4.78 is 0. The molecule has 1 heterocycles. The molecule has 0 spiro atoms. The Bertz CT molecular complexity index is 1040. The molecule has 3 aromatic carbocycles. The van der Waals surface area contributed by atoms with Crippen LogP contribution in [0, 0.1) is 6.92 Å². The molecule has 0 saturated heterocycles. The van der Waals surface area contributed by atoms with E-state index in [9.17, 15) is 9.59 Å². The minimum atomic E-state index is -0.207. The van der Waals surface area contributed by atoms with Crippen molar-refractivity contribution in [1.82, 2.24) is 0 Å². The summed E-state index contributed by atoms with van der Waals surface area (Å²) in [6.45, 7) is 1.97. The number of hydrogen-bond acceptors (Lipinski definition) is 3. The van der Waals surface area contributed by atoms with Crippen molar-refractivity contribution < 1.29 is 9.59 Å². The fourth-order valence-electron chi connectivity index (χ4n) is 3.47. The van der Waals surface area contributed by atoms with E-state index in [0.29, 0.717) is 6.42 Å². The Morgan fingerprint density at radius 2 is 1.79 bits per heavy atom. The van der Waals surface area contributed by atoms with Crippen molar-refractivity contribution >= 4 is 35.0 Å². The van der Waals surface area contributed by atoms with Gasteiger partial charge in [-0.15, -0.1) is 11.8 Å². The van der Waals surface area contributed by atoms with Gasteiger partial charge in [-0.3, -0.25) is 9.59 Å². The monoisotopic (exact) mass is 402 g/mol. The number of benzene rings is 3. The zero-order valence-corrected chi connectivity index (χ0v) is 17.0. The van der Waals surface area contributed by atoms with Crippen LogP contribution in [0.25, 0.3) is 0 Å². The molecule has 3 aromatic rings. The Morgan fingerprint density at radius 1 is 1.03 bits per heavy atom. The van der Waals surface area contributed by atoms with E-state index < -0.39 is 0 Å². The predicted octanol–water partition coefficient (Wildman–Crippen LogP) is 5.20. The van der Waals surface area contributed by atoms with E-state index in [4.69, 9.17) is 0 Å². The van der Waals surface area contributed by atoms with Gasteiger partial charge in [0.2, 0.25) is 11.8 Å². The Morgan fingerprint density at radius 3 is 2.59 bits per heavy atom. The Labute approximate surface area is 174 Å². The molecule has 0 radical (unpaired) electrons. The van der Waals surface area contributed by atoms with Gasteiger partial charge in [-0.1, -0.05) is 54.6 Å². The molecule has 0 aromatic heterocycles. The molecule has 4 nitrogen and oxygen atoms in total. The number of aryl methyl sites for hydroxylation is 1. The van der Waals surface area contributed by atoms with Gasteiger partial charge in [-0.2, -0.15) is 0 Å². The van der Waals surface area contributed by atoms with E-state index >= 15 is 0 Å². The molecule has 5 heteroatoms. The summed E-state index contributed by atoms with van der Waals surface area (Å²) in [5.41, 5.74) is 3.72. The normalized spacial score (nSPS) is 16.1. The summed E-state index contributed by atoms with van der Waals surface area (Å²) in [7, 11) is 0. The highest BCUT2D eigenvalue weighted by molar-refractivity contribution is 7.99. The van der Waals surface area contributed by atoms with Gasteiger partial charge in [-0.05, 0) is 42.3 Å². The smallest absolute Gasteiger partial charge is 0.244 e. The fraction of sp³-hybridized carbons (Fsp3) is 0.167. The lowest BCUT2D eigenvalue weighted by Crippen LogP contribution is -2.38. The van der Waals surface area contributed by atoms with Gasteiger partial charge >= 0.3 is 0 Å². The van der Waals surface area contributed by atoms with Crippen molar-refractivity contribution in [3.63, 3.8) is 0 Å². The van der Waals surface area contributed by atoms with Gasteiger partial charge in [0.05, 0.1) is 5.69 Å². The highest BCUT2D eigenvalue weighted by Crippen LogP contribution is 2.45. The molecule has 0 fully saturated rings. The van der Waals surface area contributed by atoms with E-state index in [1.165, 1.54) is 0 Å². The zero-order chi connectivity index (χ0) is 20.2. The lowest BCUT2D eigenvalue weighted by Gasteiger charge is -2.22. The van der Waals surface area contributed by atoms with Crippen LogP contribution in [0.5, 0.6) is 0 Å². The number of nitrogens with one attached hydrogen (secondary N) is 1. The van der Waals surface area contributed by atoms with Gasteiger partial charge < -0.3 is 10.2 Å². The first-order valence-electron chi connectivity index (χ1n) is 9.57. The average molecular weight is 403 g/mol. The first kappa shape index (κ1) is 19.3. The topological polar surface area (TPSA) is 49.4 Å². The number of nitrogens with zero attached hydrogens (tertiary/aromatic N) is 1. The second kappa shape index (κ2) is 8.53. The molecule has 1 aliphatic rings.